The fraction of sp³-hybridized carbons (Fsp3) is 0.833. The summed E-state index contributed by atoms with van der Waals surface area (Å²) >= 11 is 0. The van der Waals surface area contributed by atoms with Crippen LogP contribution in [0.25, 0.3) is 0 Å². The number of oxime groups is 1. The fourth-order valence-corrected chi connectivity index (χ4v) is 2.24. The van der Waals surface area contributed by atoms with Gasteiger partial charge in [-0.1, -0.05) is 18.5 Å². The van der Waals surface area contributed by atoms with Crippen molar-refractivity contribution in [3.63, 3.8) is 0 Å². The molecule has 0 atom stereocenters. The van der Waals surface area contributed by atoms with Crippen LogP contribution in [0.15, 0.2) is 5.16 Å². The van der Waals surface area contributed by atoms with E-state index in [4.69, 9.17) is 10.9 Å². The molecule has 3 N–H and O–H groups in total. The number of carbonyl (C=O) groups excluding carboxylic acids is 1. The molecule has 0 aromatic heterocycles. The Morgan fingerprint density at radius 3 is 2.59 bits per heavy atom. The summed E-state index contributed by atoms with van der Waals surface area (Å²) in [4.78, 5) is 14.4. The molecule has 0 unspecified atom stereocenters. The average Bonchev–Trinajstić information content (AvgIpc) is 3.19. The van der Waals surface area contributed by atoms with Crippen molar-refractivity contribution in [3.05, 3.63) is 0 Å². The van der Waals surface area contributed by atoms with E-state index >= 15 is 0 Å². The maximum absolute atomic E-state index is 12.5. The van der Waals surface area contributed by atoms with Crippen molar-refractivity contribution in [3.8, 4) is 0 Å². The SMILES string of the molecule is CCCCN(C(=O)C1(C(N)=NO)CC1)C1CC1. The molecule has 2 rings (SSSR count). The Bertz CT molecular complexity index is 333. The summed E-state index contributed by atoms with van der Waals surface area (Å²) in [6.45, 7) is 2.92. The molecule has 0 spiro atoms. The lowest BCUT2D eigenvalue weighted by Gasteiger charge is -2.26. The minimum atomic E-state index is -0.676. The maximum Gasteiger partial charge on any atom is 0.236 e. The van der Waals surface area contributed by atoms with Gasteiger partial charge in [-0.25, -0.2) is 0 Å². The fourth-order valence-electron chi connectivity index (χ4n) is 2.24. The third-order valence-electron chi connectivity index (χ3n) is 3.76. The average molecular weight is 239 g/mol. The van der Waals surface area contributed by atoms with Crippen molar-refractivity contribution in [2.75, 3.05) is 6.54 Å². The van der Waals surface area contributed by atoms with E-state index in [0.717, 1.165) is 45.1 Å². The van der Waals surface area contributed by atoms with Gasteiger partial charge in [-0.05, 0) is 32.1 Å². The van der Waals surface area contributed by atoms with Gasteiger partial charge in [-0.2, -0.15) is 0 Å². The molecule has 5 heteroatoms. The second kappa shape index (κ2) is 4.55. The summed E-state index contributed by atoms with van der Waals surface area (Å²) in [6.07, 6.45) is 5.74. The van der Waals surface area contributed by atoms with E-state index in [0.29, 0.717) is 6.04 Å². The lowest BCUT2D eigenvalue weighted by Crippen LogP contribution is -2.45. The highest BCUT2D eigenvalue weighted by Gasteiger charge is 2.57. The number of amidine groups is 1. The first kappa shape index (κ1) is 12.2. The molecule has 2 saturated carbocycles. The van der Waals surface area contributed by atoms with Gasteiger partial charge in [0.15, 0.2) is 5.84 Å². The van der Waals surface area contributed by atoms with Gasteiger partial charge in [0.05, 0.1) is 0 Å². The number of amides is 1. The molecule has 1 amide bonds. The summed E-state index contributed by atoms with van der Waals surface area (Å²) < 4.78 is 0. The summed E-state index contributed by atoms with van der Waals surface area (Å²) in [7, 11) is 0. The first-order valence-corrected chi connectivity index (χ1v) is 6.45. The number of nitrogens with zero attached hydrogens (tertiary/aromatic N) is 2. The predicted octanol–water partition coefficient (Wildman–Crippen LogP) is 1.30. The zero-order valence-electron chi connectivity index (χ0n) is 10.4. The standard InChI is InChI=1S/C12H21N3O2/c1-2-3-8-15(9-4-5-9)11(16)12(6-7-12)10(13)14-17/h9,17H,2-8H2,1H3,(H2,13,14). The van der Waals surface area contributed by atoms with Crippen LogP contribution in [0.3, 0.4) is 0 Å². The van der Waals surface area contributed by atoms with Crippen molar-refractivity contribution in [1.82, 2.24) is 4.90 Å². The van der Waals surface area contributed by atoms with Crippen LogP contribution in [0.2, 0.25) is 0 Å². The predicted molar refractivity (Wildman–Crippen MR) is 64.7 cm³/mol. The lowest BCUT2D eigenvalue weighted by molar-refractivity contribution is -0.135. The second-order valence-electron chi connectivity index (χ2n) is 5.15. The van der Waals surface area contributed by atoms with Gasteiger partial charge < -0.3 is 15.8 Å². The summed E-state index contributed by atoms with van der Waals surface area (Å²) in [5, 5.41) is 11.8. The summed E-state index contributed by atoms with van der Waals surface area (Å²) in [5.41, 5.74) is 4.98. The van der Waals surface area contributed by atoms with Crippen molar-refractivity contribution >= 4 is 11.7 Å². The third kappa shape index (κ3) is 2.23. The molecule has 2 fully saturated rings. The van der Waals surface area contributed by atoms with Crippen LogP contribution >= 0.6 is 0 Å². The van der Waals surface area contributed by atoms with E-state index in [1.165, 1.54) is 0 Å². The Morgan fingerprint density at radius 1 is 1.53 bits per heavy atom. The van der Waals surface area contributed by atoms with Gasteiger partial charge in [0.25, 0.3) is 0 Å². The van der Waals surface area contributed by atoms with Gasteiger partial charge in [0.1, 0.15) is 5.41 Å². The Morgan fingerprint density at radius 2 is 2.18 bits per heavy atom. The molecule has 2 aliphatic carbocycles. The molecule has 0 aliphatic heterocycles. The molecule has 0 aromatic rings. The third-order valence-corrected chi connectivity index (χ3v) is 3.76. The van der Waals surface area contributed by atoms with Gasteiger partial charge in [-0.3, -0.25) is 4.79 Å². The van der Waals surface area contributed by atoms with Crippen LogP contribution in [0.4, 0.5) is 0 Å². The van der Waals surface area contributed by atoms with Crippen LogP contribution < -0.4 is 5.73 Å². The van der Waals surface area contributed by atoms with E-state index in [2.05, 4.69) is 12.1 Å². The van der Waals surface area contributed by atoms with Gasteiger partial charge >= 0.3 is 0 Å². The molecule has 0 aromatic carbocycles. The first-order valence-electron chi connectivity index (χ1n) is 6.45. The van der Waals surface area contributed by atoms with E-state index in [-0.39, 0.29) is 11.7 Å². The normalized spacial score (nSPS) is 22.3. The lowest BCUT2D eigenvalue weighted by atomic mass is 10.0. The van der Waals surface area contributed by atoms with E-state index in [9.17, 15) is 4.79 Å². The van der Waals surface area contributed by atoms with Crippen LogP contribution in [-0.2, 0) is 4.79 Å². The largest absolute Gasteiger partial charge is 0.409 e. The number of hydrogen-bond donors (Lipinski definition) is 2. The van der Waals surface area contributed by atoms with Crippen molar-refractivity contribution in [1.29, 1.82) is 0 Å². The van der Waals surface area contributed by atoms with Crippen molar-refractivity contribution in [2.24, 2.45) is 16.3 Å². The number of hydrogen-bond acceptors (Lipinski definition) is 3. The van der Waals surface area contributed by atoms with Crippen LogP contribution in [-0.4, -0.2) is 34.4 Å². The first-order chi connectivity index (χ1) is 8.15. The molecule has 0 bridgehead atoms. The molecular weight excluding hydrogens is 218 g/mol. The monoisotopic (exact) mass is 239 g/mol. The zero-order chi connectivity index (χ0) is 12.5. The van der Waals surface area contributed by atoms with Crippen LogP contribution in [0, 0.1) is 5.41 Å². The number of unbranched alkanes of at least 4 members (excludes halogenated alkanes) is 1. The maximum atomic E-state index is 12.5. The molecule has 0 saturated heterocycles. The zero-order valence-corrected chi connectivity index (χ0v) is 10.4. The minimum Gasteiger partial charge on any atom is -0.409 e. The van der Waals surface area contributed by atoms with Crippen LogP contribution in [0.5, 0.6) is 0 Å². The minimum absolute atomic E-state index is 0.0729. The molecule has 2 aliphatic rings. The van der Waals surface area contributed by atoms with Crippen molar-refractivity contribution in [2.45, 2.75) is 51.5 Å². The quantitative estimate of drug-likeness (QED) is 0.317. The Labute approximate surface area is 102 Å². The highest BCUT2D eigenvalue weighted by molar-refractivity contribution is 6.09. The van der Waals surface area contributed by atoms with Gasteiger partial charge in [-0.15, -0.1) is 0 Å². The van der Waals surface area contributed by atoms with Gasteiger partial charge in [0, 0.05) is 12.6 Å². The molecule has 96 valence electrons. The Balaban J connectivity index is 2.06. The van der Waals surface area contributed by atoms with Crippen molar-refractivity contribution < 1.29 is 10.0 Å². The Kier molecular flexibility index (Phi) is 3.26. The number of nitrogens with two attached hydrogens (primary N) is 1. The summed E-state index contributed by atoms with van der Waals surface area (Å²) in [6, 6.07) is 0.401. The highest BCUT2D eigenvalue weighted by Crippen LogP contribution is 2.48. The molecule has 0 radical (unpaired) electrons. The number of carbonyl (C=O) groups is 1. The van der Waals surface area contributed by atoms with Gasteiger partial charge in [0.2, 0.25) is 5.91 Å². The topological polar surface area (TPSA) is 78.9 Å². The second-order valence-corrected chi connectivity index (χ2v) is 5.15. The molecular formula is C12H21N3O2. The van der Waals surface area contributed by atoms with E-state index < -0.39 is 5.41 Å². The molecule has 17 heavy (non-hydrogen) atoms. The smallest absolute Gasteiger partial charge is 0.236 e. The number of rotatable bonds is 6. The molecule has 0 heterocycles. The molecule has 5 nitrogen and oxygen atoms in total. The summed E-state index contributed by atoms with van der Waals surface area (Å²) in [5.74, 6) is 0.161. The highest BCUT2D eigenvalue weighted by atomic mass is 16.4. The van der Waals surface area contributed by atoms with E-state index in [1.807, 2.05) is 4.90 Å². The van der Waals surface area contributed by atoms with Crippen LogP contribution in [0.1, 0.15) is 45.4 Å². The van der Waals surface area contributed by atoms with E-state index in [1.54, 1.807) is 0 Å². The Hall–Kier alpha value is -1.26.